The van der Waals surface area contributed by atoms with Crippen molar-refractivity contribution in [3.05, 3.63) is 28.8 Å². The summed E-state index contributed by atoms with van der Waals surface area (Å²) in [6.45, 7) is 4.50. The van der Waals surface area contributed by atoms with Gasteiger partial charge in [0.1, 0.15) is 0 Å². The zero-order valence-corrected chi connectivity index (χ0v) is 13.3. The van der Waals surface area contributed by atoms with E-state index in [4.69, 9.17) is 23.2 Å². The topological polar surface area (TPSA) is 6.48 Å². The summed E-state index contributed by atoms with van der Waals surface area (Å²) in [5.41, 5.74) is 2.41. The maximum atomic E-state index is 6.15. The quantitative estimate of drug-likeness (QED) is 0.774. The Bertz CT molecular complexity index is 450. The van der Waals surface area contributed by atoms with Gasteiger partial charge in [0, 0.05) is 48.8 Å². The average Bonchev–Trinajstić information content (AvgIpc) is 3.02. The molecule has 0 atom stereocenters. The highest BCUT2D eigenvalue weighted by Gasteiger charge is 2.26. The fourth-order valence-corrected chi connectivity index (χ4v) is 3.93. The van der Waals surface area contributed by atoms with Gasteiger partial charge in [-0.2, -0.15) is 0 Å². The number of piperazine rings is 1. The number of rotatable bonds is 3. The Morgan fingerprint density at radius 2 is 1.75 bits per heavy atom. The Kier molecular flexibility index (Phi) is 4.75. The van der Waals surface area contributed by atoms with Crippen LogP contribution >= 0.6 is 23.2 Å². The molecular formula is C16H22Cl2N2. The van der Waals surface area contributed by atoms with E-state index in [-0.39, 0.29) is 0 Å². The first-order valence-corrected chi connectivity index (χ1v) is 8.52. The first-order chi connectivity index (χ1) is 9.78. The normalized spacial score (nSPS) is 21.6. The van der Waals surface area contributed by atoms with E-state index < -0.39 is 0 Å². The minimum absolute atomic E-state index is 0.551. The van der Waals surface area contributed by atoms with E-state index in [1.54, 1.807) is 0 Å². The van der Waals surface area contributed by atoms with Gasteiger partial charge in [-0.25, -0.2) is 0 Å². The highest BCUT2D eigenvalue weighted by Crippen LogP contribution is 2.29. The van der Waals surface area contributed by atoms with Crippen LogP contribution in [0.1, 0.15) is 31.2 Å². The third-order valence-electron chi connectivity index (χ3n) is 4.69. The van der Waals surface area contributed by atoms with Gasteiger partial charge in [0.25, 0.3) is 0 Å². The van der Waals surface area contributed by atoms with Gasteiger partial charge < -0.3 is 4.90 Å². The number of nitrogens with zero attached hydrogens (tertiary/aromatic N) is 2. The van der Waals surface area contributed by atoms with Crippen molar-refractivity contribution >= 4 is 28.9 Å². The summed E-state index contributed by atoms with van der Waals surface area (Å²) in [7, 11) is 0. The standard InChI is InChI=1S/C16H22Cl2N2/c17-12-13-5-6-14(18)11-16(13)20-9-7-19(8-10-20)15-3-1-2-4-15/h5-6,11,15H,1-4,7-10,12H2. The first kappa shape index (κ1) is 14.5. The molecule has 2 aliphatic rings. The van der Waals surface area contributed by atoms with Crippen molar-refractivity contribution in [1.29, 1.82) is 0 Å². The summed E-state index contributed by atoms with van der Waals surface area (Å²) in [6, 6.07) is 6.87. The van der Waals surface area contributed by atoms with Crippen molar-refractivity contribution in [2.45, 2.75) is 37.6 Å². The van der Waals surface area contributed by atoms with Crippen molar-refractivity contribution in [2.75, 3.05) is 31.1 Å². The highest BCUT2D eigenvalue weighted by atomic mass is 35.5. The molecule has 0 bridgehead atoms. The molecule has 0 N–H and O–H groups in total. The van der Waals surface area contributed by atoms with Gasteiger partial charge in [-0.15, -0.1) is 11.6 Å². The molecule has 0 radical (unpaired) electrons. The summed E-state index contributed by atoms with van der Waals surface area (Å²) in [5.74, 6) is 0.551. The molecule has 1 saturated carbocycles. The van der Waals surface area contributed by atoms with E-state index >= 15 is 0 Å². The molecule has 1 aromatic carbocycles. The molecule has 1 aromatic rings. The number of hydrogen-bond acceptors (Lipinski definition) is 2. The fourth-order valence-electron chi connectivity index (χ4n) is 3.54. The third kappa shape index (κ3) is 3.08. The van der Waals surface area contributed by atoms with Gasteiger partial charge in [-0.3, -0.25) is 4.90 Å². The molecule has 20 heavy (non-hydrogen) atoms. The highest BCUT2D eigenvalue weighted by molar-refractivity contribution is 6.31. The van der Waals surface area contributed by atoms with Crippen LogP contribution in [0, 0.1) is 0 Å². The smallest absolute Gasteiger partial charge is 0.0494 e. The molecule has 4 heteroatoms. The van der Waals surface area contributed by atoms with Gasteiger partial charge in [0.15, 0.2) is 0 Å². The maximum Gasteiger partial charge on any atom is 0.0494 e. The molecule has 1 heterocycles. The minimum atomic E-state index is 0.551. The lowest BCUT2D eigenvalue weighted by Gasteiger charge is -2.39. The van der Waals surface area contributed by atoms with Crippen LogP contribution in [0.15, 0.2) is 18.2 Å². The Morgan fingerprint density at radius 1 is 1.05 bits per heavy atom. The van der Waals surface area contributed by atoms with Crippen LogP contribution in [-0.4, -0.2) is 37.1 Å². The average molecular weight is 313 g/mol. The second kappa shape index (κ2) is 6.55. The zero-order valence-electron chi connectivity index (χ0n) is 11.8. The van der Waals surface area contributed by atoms with Crippen LogP contribution in [0.3, 0.4) is 0 Å². The molecule has 110 valence electrons. The molecule has 0 unspecified atom stereocenters. The van der Waals surface area contributed by atoms with E-state index in [1.807, 2.05) is 12.1 Å². The van der Waals surface area contributed by atoms with Crippen molar-refractivity contribution in [1.82, 2.24) is 4.90 Å². The van der Waals surface area contributed by atoms with Crippen molar-refractivity contribution in [2.24, 2.45) is 0 Å². The number of alkyl halides is 1. The Hall–Kier alpha value is -0.440. The summed E-state index contributed by atoms with van der Waals surface area (Å²) in [4.78, 5) is 5.11. The second-order valence-electron chi connectivity index (χ2n) is 5.87. The van der Waals surface area contributed by atoms with Crippen LogP contribution in [0.25, 0.3) is 0 Å². The van der Waals surface area contributed by atoms with Crippen molar-refractivity contribution in [3.63, 3.8) is 0 Å². The molecule has 2 fully saturated rings. The first-order valence-electron chi connectivity index (χ1n) is 7.61. The van der Waals surface area contributed by atoms with Gasteiger partial charge >= 0.3 is 0 Å². The molecule has 0 aromatic heterocycles. The second-order valence-corrected chi connectivity index (χ2v) is 6.57. The lowest BCUT2D eigenvalue weighted by atomic mass is 10.1. The van der Waals surface area contributed by atoms with Crippen molar-refractivity contribution < 1.29 is 0 Å². The minimum Gasteiger partial charge on any atom is -0.369 e. The number of benzene rings is 1. The summed E-state index contributed by atoms with van der Waals surface area (Å²) >= 11 is 12.2. The molecule has 1 saturated heterocycles. The predicted molar refractivity (Wildman–Crippen MR) is 87.1 cm³/mol. The summed E-state index contributed by atoms with van der Waals surface area (Å²) < 4.78 is 0. The largest absolute Gasteiger partial charge is 0.369 e. The van der Waals surface area contributed by atoms with E-state index in [9.17, 15) is 0 Å². The van der Waals surface area contributed by atoms with E-state index in [0.717, 1.165) is 24.2 Å². The monoisotopic (exact) mass is 312 g/mol. The summed E-state index contributed by atoms with van der Waals surface area (Å²) in [5, 5.41) is 0.798. The maximum absolute atomic E-state index is 6.15. The van der Waals surface area contributed by atoms with Crippen LogP contribution in [-0.2, 0) is 5.88 Å². The van der Waals surface area contributed by atoms with Gasteiger partial charge in [-0.1, -0.05) is 30.5 Å². The van der Waals surface area contributed by atoms with Gasteiger partial charge in [0.05, 0.1) is 0 Å². The molecular weight excluding hydrogens is 291 g/mol. The predicted octanol–water partition coefficient (Wildman–Crippen LogP) is 4.14. The Morgan fingerprint density at radius 3 is 2.40 bits per heavy atom. The van der Waals surface area contributed by atoms with E-state index in [2.05, 4.69) is 15.9 Å². The van der Waals surface area contributed by atoms with Gasteiger partial charge in [0.2, 0.25) is 0 Å². The molecule has 2 nitrogen and oxygen atoms in total. The zero-order chi connectivity index (χ0) is 13.9. The van der Waals surface area contributed by atoms with Crippen LogP contribution < -0.4 is 4.90 Å². The SMILES string of the molecule is ClCc1ccc(Cl)cc1N1CCN(C2CCCC2)CC1. The number of anilines is 1. The van der Waals surface area contributed by atoms with E-state index in [1.165, 1.54) is 50.0 Å². The fraction of sp³-hybridized carbons (Fsp3) is 0.625. The third-order valence-corrected chi connectivity index (χ3v) is 5.21. The van der Waals surface area contributed by atoms with Crippen molar-refractivity contribution in [3.8, 4) is 0 Å². The molecule has 1 aliphatic heterocycles. The van der Waals surface area contributed by atoms with Crippen LogP contribution in [0.2, 0.25) is 5.02 Å². The molecule has 3 rings (SSSR count). The van der Waals surface area contributed by atoms with Gasteiger partial charge in [-0.05, 0) is 30.5 Å². The van der Waals surface area contributed by atoms with E-state index in [0.29, 0.717) is 5.88 Å². The number of halogens is 2. The molecule has 1 aliphatic carbocycles. The lowest BCUT2D eigenvalue weighted by Crippen LogP contribution is -2.49. The van der Waals surface area contributed by atoms with Crippen LogP contribution in [0.5, 0.6) is 0 Å². The lowest BCUT2D eigenvalue weighted by molar-refractivity contribution is 0.187. The molecule has 0 spiro atoms. The number of hydrogen-bond donors (Lipinski definition) is 0. The van der Waals surface area contributed by atoms with Crippen LogP contribution in [0.4, 0.5) is 5.69 Å². The molecule has 0 amide bonds. The summed E-state index contributed by atoms with van der Waals surface area (Å²) in [6.07, 6.45) is 5.61. The Labute approximate surface area is 131 Å². The Balaban J connectivity index is 1.67.